The summed E-state index contributed by atoms with van der Waals surface area (Å²) in [6.45, 7) is 3.59. The van der Waals surface area contributed by atoms with Gasteiger partial charge in [-0.3, -0.25) is 4.79 Å². The zero-order valence-electron chi connectivity index (χ0n) is 13.9. The van der Waals surface area contributed by atoms with Crippen LogP contribution in [0.4, 0.5) is 0 Å². The fourth-order valence-electron chi connectivity index (χ4n) is 3.63. The zero-order valence-corrected chi connectivity index (χ0v) is 13.9. The highest BCUT2D eigenvalue weighted by atomic mass is 16.5. The highest BCUT2D eigenvalue weighted by Crippen LogP contribution is 2.44. The number of amides is 1. The lowest BCUT2D eigenvalue weighted by Gasteiger charge is -2.31. The van der Waals surface area contributed by atoms with Crippen molar-refractivity contribution in [3.05, 3.63) is 59.7 Å². The molecule has 4 rings (SSSR count). The number of hydrogen-bond acceptors (Lipinski definition) is 3. The highest BCUT2D eigenvalue weighted by Gasteiger charge is 2.35. The summed E-state index contributed by atoms with van der Waals surface area (Å²) in [5.41, 5.74) is 1.94. The average Bonchev–Trinajstić information content (AvgIpc) is 2.83. The van der Waals surface area contributed by atoms with Crippen LogP contribution in [0.3, 0.4) is 0 Å². The van der Waals surface area contributed by atoms with E-state index < -0.39 is 0 Å². The van der Waals surface area contributed by atoms with Crippen LogP contribution in [0.1, 0.15) is 23.5 Å². The molecule has 2 aromatic carbocycles. The molecule has 0 atom stereocenters. The maximum absolute atomic E-state index is 13.4. The monoisotopic (exact) mass is 322 g/mol. The van der Waals surface area contributed by atoms with E-state index in [9.17, 15) is 4.79 Å². The fourth-order valence-corrected chi connectivity index (χ4v) is 3.63. The SMILES string of the molecule is CN1CCCN(C(=O)C2c3ccccc3Oc3ccccc32)CC1. The molecule has 0 aromatic heterocycles. The minimum Gasteiger partial charge on any atom is -0.457 e. The number of fused-ring (bicyclic) bond motifs is 2. The maximum atomic E-state index is 13.4. The van der Waals surface area contributed by atoms with Gasteiger partial charge in [0.15, 0.2) is 0 Å². The maximum Gasteiger partial charge on any atom is 0.234 e. The van der Waals surface area contributed by atoms with E-state index in [1.54, 1.807) is 0 Å². The van der Waals surface area contributed by atoms with Gasteiger partial charge in [0.25, 0.3) is 0 Å². The van der Waals surface area contributed by atoms with Gasteiger partial charge in [-0.2, -0.15) is 0 Å². The summed E-state index contributed by atoms with van der Waals surface area (Å²) in [6.07, 6.45) is 1.02. The molecule has 24 heavy (non-hydrogen) atoms. The van der Waals surface area contributed by atoms with Crippen LogP contribution < -0.4 is 4.74 Å². The first-order chi connectivity index (χ1) is 11.7. The minimum absolute atomic E-state index is 0.188. The number of para-hydroxylation sites is 2. The fraction of sp³-hybridized carbons (Fsp3) is 0.350. The number of carbonyl (C=O) groups excluding carboxylic acids is 1. The Morgan fingerprint density at radius 3 is 2.21 bits per heavy atom. The molecular formula is C20H22N2O2. The predicted molar refractivity (Wildman–Crippen MR) is 93.5 cm³/mol. The van der Waals surface area contributed by atoms with Crippen LogP contribution in [0.5, 0.6) is 11.5 Å². The smallest absolute Gasteiger partial charge is 0.234 e. The topological polar surface area (TPSA) is 32.8 Å². The van der Waals surface area contributed by atoms with Crippen LogP contribution in [-0.4, -0.2) is 48.9 Å². The van der Waals surface area contributed by atoms with Crippen LogP contribution >= 0.6 is 0 Å². The Morgan fingerprint density at radius 2 is 1.54 bits per heavy atom. The summed E-state index contributed by atoms with van der Waals surface area (Å²) in [4.78, 5) is 17.7. The van der Waals surface area contributed by atoms with Gasteiger partial charge in [-0.25, -0.2) is 0 Å². The molecule has 0 bridgehead atoms. The van der Waals surface area contributed by atoms with Crippen LogP contribution in [0.15, 0.2) is 48.5 Å². The molecule has 0 unspecified atom stereocenters. The van der Waals surface area contributed by atoms with Crippen molar-refractivity contribution in [2.24, 2.45) is 0 Å². The van der Waals surface area contributed by atoms with Crippen molar-refractivity contribution in [2.45, 2.75) is 12.3 Å². The van der Waals surface area contributed by atoms with E-state index in [1.807, 2.05) is 53.4 Å². The van der Waals surface area contributed by atoms with E-state index in [0.717, 1.165) is 55.2 Å². The predicted octanol–water partition coefficient (Wildman–Crippen LogP) is 3.09. The molecule has 0 spiro atoms. The second-order valence-electron chi connectivity index (χ2n) is 6.59. The molecule has 0 N–H and O–H groups in total. The van der Waals surface area contributed by atoms with Gasteiger partial charge in [0.05, 0.1) is 5.92 Å². The summed E-state index contributed by atoms with van der Waals surface area (Å²) < 4.78 is 6.01. The number of ether oxygens (including phenoxy) is 1. The number of nitrogens with zero attached hydrogens (tertiary/aromatic N) is 2. The first kappa shape index (κ1) is 15.2. The molecule has 2 heterocycles. The van der Waals surface area contributed by atoms with Crippen molar-refractivity contribution >= 4 is 5.91 Å². The quantitative estimate of drug-likeness (QED) is 0.809. The molecule has 0 saturated carbocycles. The Hall–Kier alpha value is -2.33. The Labute approximate surface area is 142 Å². The van der Waals surface area contributed by atoms with Gasteiger partial charge < -0.3 is 14.5 Å². The van der Waals surface area contributed by atoms with Crippen molar-refractivity contribution in [1.29, 1.82) is 0 Å². The molecule has 124 valence electrons. The van der Waals surface area contributed by atoms with Crippen LogP contribution in [0.2, 0.25) is 0 Å². The second kappa shape index (κ2) is 6.29. The van der Waals surface area contributed by atoms with Gasteiger partial charge in [-0.15, -0.1) is 0 Å². The number of benzene rings is 2. The zero-order chi connectivity index (χ0) is 16.5. The van der Waals surface area contributed by atoms with Crippen molar-refractivity contribution < 1.29 is 9.53 Å². The summed E-state index contributed by atoms with van der Waals surface area (Å²) >= 11 is 0. The van der Waals surface area contributed by atoms with E-state index in [4.69, 9.17) is 4.74 Å². The van der Waals surface area contributed by atoms with Gasteiger partial charge in [-0.1, -0.05) is 36.4 Å². The van der Waals surface area contributed by atoms with E-state index in [-0.39, 0.29) is 11.8 Å². The number of carbonyl (C=O) groups is 1. The highest BCUT2D eigenvalue weighted by molar-refractivity contribution is 5.89. The van der Waals surface area contributed by atoms with Crippen molar-refractivity contribution in [3.8, 4) is 11.5 Å². The third-order valence-electron chi connectivity index (χ3n) is 4.96. The van der Waals surface area contributed by atoms with E-state index in [2.05, 4.69) is 11.9 Å². The average molecular weight is 322 g/mol. The lowest BCUT2D eigenvalue weighted by Crippen LogP contribution is -2.38. The van der Waals surface area contributed by atoms with E-state index >= 15 is 0 Å². The molecule has 2 aromatic rings. The Balaban J connectivity index is 1.72. The summed E-state index contributed by atoms with van der Waals surface area (Å²) in [5.74, 6) is 1.51. The molecule has 0 aliphatic carbocycles. The minimum atomic E-state index is -0.269. The largest absolute Gasteiger partial charge is 0.457 e. The molecular weight excluding hydrogens is 300 g/mol. The first-order valence-electron chi connectivity index (χ1n) is 8.57. The van der Waals surface area contributed by atoms with Gasteiger partial charge in [0.2, 0.25) is 5.91 Å². The Bertz CT molecular complexity index is 713. The third kappa shape index (κ3) is 2.67. The molecule has 1 amide bonds. The van der Waals surface area contributed by atoms with Crippen molar-refractivity contribution in [3.63, 3.8) is 0 Å². The second-order valence-corrected chi connectivity index (χ2v) is 6.59. The number of hydrogen-bond donors (Lipinski definition) is 0. The van der Waals surface area contributed by atoms with Crippen molar-refractivity contribution in [2.75, 3.05) is 33.2 Å². The van der Waals surface area contributed by atoms with E-state index in [0.29, 0.717) is 0 Å². The van der Waals surface area contributed by atoms with Crippen LogP contribution in [0, 0.1) is 0 Å². The van der Waals surface area contributed by atoms with Crippen LogP contribution in [0.25, 0.3) is 0 Å². The van der Waals surface area contributed by atoms with Gasteiger partial charge in [-0.05, 0) is 32.1 Å². The van der Waals surface area contributed by atoms with Crippen molar-refractivity contribution in [1.82, 2.24) is 9.80 Å². The number of rotatable bonds is 1. The lowest BCUT2D eigenvalue weighted by atomic mass is 9.87. The third-order valence-corrected chi connectivity index (χ3v) is 4.96. The summed E-state index contributed by atoms with van der Waals surface area (Å²) in [7, 11) is 2.12. The molecule has 2 aliphatic rings. The van der Waals surface area contributed by atoms with Gasteiger partial charge in [0.1, 0.15) is 11.5 Å². The first-order valence-corrected chi connectivity index (χ1v) is 8.57. The summed E-state index contributed by atoms with van der Waals surface area (Å²) in [5, 5.41) is 0. The Morgan fingerprint density at radius 1 is 0.917 bits per heavy atom. The lowest BCUT2D eigenvalue weighted by molar-refractivity contribution is -0.131. The summed E-state index contributed by atoms with van der Waals surface area (Å²) in [6, 6.07) is 15.8. The van der Waals surface area contributed by atoms with Crippen LogP contribution in [-0.2, 0) is 4.79 Å². The molecule has 1 fully saturated rings. The molecule has 2 aliphatic heterocycles. The Kier molecular flexibility index (Phi) is 3.98. The van der Waals surface area contributed by atoms with Gasteiger partial charge in [0, 0.05) is 30.8 Å². The molecule has 0 radical (unpaired) electrons. The number of likely N-dealkylation sites (N-methyl/N-ethyl adjacent to an activating group) is 1. The van der Waals surface area contributed by atoms with Gasteiger partial charge >= 0.3 is 0 Å². The standard InChI is InChI=1S/C20H22N2O2/c1-21-11-6-12-22(14-13-21)20(23)19-15-7-2-4-9-17(15)24-18-10-5-3-8-16(18)19/h2-5,7-10,19H,6,11-14H2,1H3. The molecule has 4 nitrogen and oxygen atoms in total. The normalized spacial score (nSPS) is 18.3. The molecule has 1 saturated heterocycles. The van der Waals surface area contributed by atoms with E-state index in [1.165, 1.54) is 0 Å². The molecule has 4 heteroatoms.